The Bertz CT molecular complexity index is 397. The molecule has 4 heteroatoms. The molecular formula is C13H22N2OSi. The van der Waals surface area contributed by atoms with Crippen LogP contribution >= 0.6 is 0 Å². The highest BCUT2D eigenvalue weighted by Gasteiger charge is 2.27. The number of hydrogen-bond donors (Lipinski definition) is 2. The van der Waals surface area contributed by atoms with E-state index < -0.39 is 5.60 Å². The van der Waals surface area contributed by atoms with Crippen LogP contribution in [0.15, 0.2) is 18.2 Å². The van der Waals surface area contributed by atoms with E-state index in [0.717, 1.165) is 5.56 Å². The highest BCUT2D eigenvalue weighted by atomic mass is 28.2. The molecule has 3 nitrogen and oxygen atoms in total. The quantitative estimate of drug-likeness (QED) is 0.640. The van der Waals surface area contributed by atoms with Gasteiger partial charge < -0.3 is 15.9 Å². The van der Waals surface area contributed by atoms with Gasteiger partial charge in [0.2, 0.25) is 9.76 Å². The van der Waals surface area contributed by atoms with Gasteiger partial charge in [-0.05, 0) is 25.0 Å². The molecule has 2 radical (unpaired) electrons. The van der Waals surface area contributed by atoms with E-state index in [-0.39, 0.29) is 5.04 Å². The maximum atomic E-state index is 6.01. The minimum Gasteiger partial charge on any atom is -0.408 e. The van der Waals surface area contributed by atoms with Crippen molar-refractivity contribution in [2.75, 3.05) is 11.5 Å². The van der Waals surface area contributed by atoms with Crippen LogP contribution in [0.4, 0.5) is 11.4 Å². The number of benzene rings is 1. The van der Waals surface area contributed by atoms with Gasteiger partial charge >= 0.3 is 0 Å². The molecule has 0 heterocycles. The minimum atomic E-state index is -0.412. The highest BCUT2D eigenvalue weighted by Crippen LogP contribution is 2.34. The zero-order chi connectivity index (χ0) is 13.3. The van der Waals surface area contributed by atoms with Gasteiger partial charge in [-0.2, -0.15) is 0 Å². The Kier molecular flexibility index (Phi) is 3.89. The monoisotopic (exact) mass is 250 g/mol. The number of rotatable bonds is 3. The molecule has 0 aromatic heterocycles. The van der Waals surface area contributed by atoms with Crippen LogP contribution in [0.2, 0.25) is 5.04 Å². The smallest absolute Gasteiger partial charge is 0.236 e. The Morgan fingerprint density at radius 2 is 1.65 bits per heavy atom. The molecule has 0 saturated heterocycles. The third-order valence-electron chi connectivity index (χ3n) is 2.40. The first kappa shape index (κ1) is 14.1. The van der Waals surface area contributed by atoms with Crippen molar-refractivity contribution in [2.24, 2.45) is 0 Å². The molecular weight excluding hydrogens is 228 g/mol. The van der Waals surface area contributed by atoms with Crippen LogP contribution in [0.25, 0.3) is 0 Å². The van der Waals surface area contributed by atoms with Crippen molar-refractivity contribution in [1.29, 1.82) is 0 Å². The van der Waals surface area contributed by atoms with Gasteiger partial charge in [-0.1, -0.05) is 32.9 Å². The zero-order valence-electron chi connectivity index (χ0n) is 11.3. The van der Waals surface area contributed by atoms with Gasteiger partial charge in [0, 0.05) is 5.56 Å². The summed E-state index contributed by atoms with van der Waals surface area (Å²) < 4.78 is 6.01. The van der Waals surface area contributed by atoms with E-state index in [9.17, 15) is 0 Å². The SMILES string of the molecule is CC(C)(C)[Si]OC(C)(C)c1cccc(N)c1N. The molecule has 0 saturated carbocycles. The molecule has 0 aliphatic rings. The molecule has 1 rings (SSSR count). The summed E-state index contributed by atoms with van der Waals surface area (Å²) in [5.41, 5.74) is 13.6. The average molecular weight is 250 g/mol. The topological polar surface area (TPSA) is 61.3 Å². The first-order valence-corrected chi connectivity index (χ1v) is 6.64. The van der Waals surface area contributed by atoms with Gasteiger partial charge in [0.25, 0.3) is 0 Å². The number of anilines is 2. The fourth-order valence-electron chi connectivity index (χ4n) is 1.44. The third-order valence-corrected chi connectivity index (χ3v) is 3.63. The Labute approximate surface area is 106 Å². The van der Waals surface area contributed by atoms with Crippen LogP contribution < -0.4 is 11.5 Å². The lowest BCUT2D eigenvalue weighted by molar-refractivity contribution is 0.110. The van der Waals surface area contributed by atoms with E-state index in [1.165, 1.54) is 0 Å². The minimum absolute atomic E-state index is 0.159. The summed E-state index contributed by atoms with van der Waals surface area (Å²) in [6.45, 7) is 10.5. The second-order valence-corrected chi connectivity index (χ2v) is 7.68. The van der Waals surface area contributed by atoms with Crippen molar-refractivity contribution >= 4 is 21.1 Å². The second-order valence-electron chi connectivity index (χ2n) is 5.77. The average Bonchev–Trinajstić information content (AvgIpc) is 2.18. The van der Waals surface area contributed by atoms with Crippen LogP contribution in [0, 0.1) is 0 Å². The molecule has 0 aliphatic heterocycles. The summed E-state index contributed by atoms with van der Waals surface area (Å²) >= 11 is 0. The molecule has 4 N–H and O–H groups in total. The van der Waals surface area contributed by atoms with Crippen LogP contribution in [0.5, 0.6) is 0 Å². The predicted octanol–water partition coefficient (Wildman–Crippen LogP) is 2.94. The summed E-state index contributed by atoms with van der Waals surface area (Å²) in [6, 6.07) is 5.69. The van der Waals surface area contributed by atoms with Crippen LogP contribution in [0.1, 0.15) is 40.2 Å². The van der Waals surface area contributed by atoms with Crippen molar-refractivity contribution in [3.63, 3.8) is 0 Å². The lowest BCUT2D eigenvalue weighted by Gasteiger charge is -2.30. The first-order chi connectivity index (χ1) is 7.63. The second kappa shape index (κ2) is 4.70. The van der Waals surface area contributed by atoms with Crippen LogP contribution in [-0.2, 0) is 10.0 Å². The fourth-order valence-corrected chi connectivity index (χ4v) is 2.12. The summed E-state index contributed by atoms with van der Waals surface area (Å²) in [5.74, 6) is 0. The summed E-state index contributed by atoms with van der Waals surface area (Å²) in [7, 11) is 0.415. The number of para-hydroxylation sites is 1. The maximum absolute atomic E-state index is 6.01. The fraction of sp³-hybridized carbons (Fsp3) is 0.538. The maximum Gasteiger partial charge on any atom is 0.236 e. The Morgan fingerprint density at radius 1 is 1.06 bits per heavy atom. The van der Waals surface area contributed by atoms with Crippen LogP contribution in [0.3, 0.4) is 0 Å². The summed E-state index contributed by atoms with van der Waals surface area (Å²) in [5, 5.41) is 0.159. The molecule has 0 atom stereocenters. The van der Waals surface area contributed by atoms with Crippen molar-refractivity contribution < 1.29 is 4.43 Å². The van der Waals surface area contributed by atoms with Gasteiger partial charge in [0.15, 0.2) is 0 Å². The van der Waals surface area contributed by atoms with Crippen LogP contribution in [-0.4, -0.2) is 9.76 Å². The van der Waals surface area contributed by atoms with E-state index in [4.69, 9.17) is 15.9 Å². The number of hydrogen-bond acceptors (Lipinski definition) is 3. The van der Waals surface area contributed by atoms with E-state index in [2.05, 4.69) is 20.8 Å². The van der Waals surface area contributed by atoms with E-state index in [0.29, 0.717) is 21.1 Å². The molecule has 17 heavy (non-hydrogen) atoms. The van der Waals surface area contributed by atoms with Crippen molar-refractivity contribution in [3.8, 4) is 0 Å². The lowest BCUT2D eigenvalue weighted by Crippen LogP contribution is -2.28. The van der Waals surface area contributed by atoms with Gasteiger partial charge in [-0.25, -0.2) is 0 Å². The molecule has 0 fully saturated rings. The Morgan fingerprint density at radius 3 is 2.18 bits per heavy atom. The highest BCUT2D eigenvalue weighted by molar-refractivity contribution is 6.31. The molecule has 1 aromatic rings. The van der Waals surface area contributed by atoms with Gasteiger partial charge in [0.05, 0.1) is 17.0 Å². The predicted molar refractivity (Wildman–Crippen MR) is 74.8 cm³/mol. The normalized spacial score (nSPS) is 12.8. The number of nitrogen functional groups attached to an aromatic ring is 2. The molecule has 1 aromatic carbocycles. The molecule has 0 amide bonds. The summed E-state index contributed by atoms with van der Waals surface area (Å²) in [4.78, 5) is 0. The van der Waals surface area contributed by atoms with Gasteiger partial charge in [-0.15, -0.1) is 0 Å². The number of nitrogens with two attached hydrogens (primary N) is 2. The van der Waals surface area contributed by atoms with Crippen molar-refractivity contribution in [3.05, 3.63) is 23.8 Å². The Balaban J connectivity index is 2.93. The van der Waals surface area contributed by atoms with Crippen molar-refractivity contribution in [1.82, 2.24) is 0 Å². The van der Waals surface area contributed by atoms with E-state index >= 15 is 0 Å². The molecule has 94 valence electrons. The van der Waals surface area contributed by atoms with E-state index in [1.54, 1.807) is 6.07 Å². The molecule has 0 spiro atoms. The molecule has 0 bridgehead atoms. The standard InChI is InChI=1S/C13H22N2OSi/c1-12(2,3)17-16-13(4,5)9-7-6-8-10(14)11(9)15/h6-8H,14-15H2,1-5H3. The lowest BCUT2D eigenvalue weighted by atomic mass is 9.96. The third kappa shape index (κ3) is 3.75. The Hall–Kier alpha value is -1.00. The summed E-state index contributed by atoms with van der Waals surface area (Å²) in [6.07, 6.45) is 0. The first-order valence-electron chi connectivity index (χ1n) is 5.73. The molecule has 0 aliphatic carbocycles. The zero-order valence-corrected chi connectivity index (χ0v) is 12.3. The largest absolute Gasteiger partial charge is 0.408 e. The van der Waals surface area contributed by atoms with Gasteiger partial charge in [0.1, 0.15) is 0 Å². The molecule has 0 unspecified atom stereocenters. The van der Waals surface area contributed by atoms with E-state index in [1.807, 2.05) is 26.0 Å². The van der Waals surface area contributed by atoms with Gasteiger partial charge in [-0.3, -0.25) is 0 Å². The van der Waals surface area contributed by atoms with Crippen molar-refractivity contribution in [2.45, 2.75) is 45.3 Å².